The average Bonchev–Trinajstić information content (AvgIpc) is 2.63. The van der Waals surface area contributed by atoms with Crippen LogP contribution in [0.4, 0.5) is 11.4 Å². The number of carboxylic acids is 1. The summed E-state index contributed by atoms with van der Waals surface area (Å²) < 4.78 is 5.07. The summed E-state index contributed by atoms with van der Waals surface area (Å²) in [5.41, 5.74) is -0.0952. The molecule has 1 amide bonds. The van der Waals surface area contributed by atoms with E-state index in [1.807, 2.05) is 13.8 Å². The van der Waals surface area contributed by atoms with Crippen LogP contribution in [0.3, 0.4) is 0 Å². The van der Waals surface area contributed by atoms with E-state index in [0.29, 0.717) is 13.1 Å². The Balaban J connectivity index is 2.73. The molecule has 0 saturated carbocycles. The molecule has 0 aliphatic carbocycles. The van der Waals surface area contributed by atoms with E-state index in [-0.39, 0.29) is 23.5 Å². The number of nitrogens with one attached hydrogen (secondary N) is 2. The van der Waals surface area contributed by atoms with Gasteiger partial charge in [-0.05, 0) is 19.2 Å². The monoisotopic (exact) mass is 382 g/mol. The molecule has 150 valence electrons. The van der Waals surface area contributed by atoms with Crippen molar-refractivity contribution >= 4 is 23.3 Å². The molecule has 1 aromatic rings. The Morgan fingerprint density at radius 1 is 1.33 bits per heavy atom. The van der Waals surface area contributed by atoms with Gasteiger partial charge in [-0.2, -0.15) is 0 Å². The van der Waals surface area contributed by atoms with Crippen LogP contribution in [0.1, 0.15) is 20.3 Å². The first-order valence-corrected chi connectivity index (χ1v) is 8.63. The summed E-state index contributed by atoms with van der Waals surface area (Å²) in [4.78, 5) is 36.1. The quantitative estimate of drug-likeness (QED) is 0.364. The van der Waals surface area contributed by atoms with Gasteiger partial charge in [0.1, 0.15) is 11.8 Å². The molecular formula is C17H26N4O6. The van der Waals surface area contributed by atoms with E-state index in [1.165, 1.54) is 25.3 Å². The molecule has 0 bridgehead atoms. The van der Waals surface area contributed by atoms with Crippen LogP contribution in [-0.2, 0) is 9.59 Å². The average molecular weight is 382 g/mol. The summed E-state index contributed by atoms with van der Waals surface area (Å²) in [6, 6.07) is 2.72. The SMILES string of the molecule is CCN(CC)CCN[C@H](CC(=O)Nc1cc([N+](=O)[O-])ccc1OC)C(=O)O. The molecule has 0 aliphatic rings. The molecule has 0 aliphatic heterocycles. The van der Waals surface area contributed by atoms with Crippen molar-refractivity contribution in [3.63, 3.8) is 0 Å². The Morgan fingerprint density at radius 2 is 2.00 bits per heavy atom. The highest BCUT2D eigenvalue weighted by Gasteiger charge is 2.22. The maximum atomic E-state index is 12.2. The maximum Gasteiger partial charge on any atom is 0.321 e. The third kappa shape index (κ3) is 7.19. The van der Waals surface area contributed by atoms with Crippen molar-refractivity contribution in [1.82, 2.24) is 10.2 Å². The third-order valence-corrected chi connectivity index (χ3v) is 4.07. The fourth-order valence-electron chi connectivity index (χ4n) is 2.48. The van der Waals surface area contributed by atoms with Crippen molar-refractivity contribution in [2.45, 2.75) is 26.3 Å². The number of benzene rings is 1. The predicted octanol–water partition coefficient (Wildman–Crippen LogP) is 1.32. The van der Waals surface area contributed by atoms with E-state index in [4.69, 9.17) is 4.74 Å². The second-order valence-corrected chi connectivity index (χ2v) is 5.77. The second kappa shape index (κ2) is 11.1. The summed E-state index contributed by atoms with van der Waals surface area (Å²) in [5, 5.41) is 25.5. The van der Waals surface area contributed by atoms with Crippen molar-refractivity contribution in [3.8, 4) is 5.75 Å². The number of likely N-dealkylation sites (N-methyl/N-ethyl adjacent to an activating group) is 1. The largest absolute Gasteiger partial charge is 0.495 e. The Bertz CT molecular complexity index is 663. The fourth-order valence-corrected chi connectivity index (χ4v) is 2.48. The third-order valence-electron chi connectivity index (χ3n) is 4.07. The molecule has 10 heteroatoms. The van der Waals surface area contributed by atoms with Crippen LogP contribution in [0, 0.1) is 10.1 Å². The maximum absolute atomic E-state index is 12.2. The minimum atomic E-state index is -1.14. The van der Waals surface area contributed by atoms with Gasteiger partial charge in [-0.3, -0.25) is 19.7 Å². The lowest BCUT2D eigenvalue weighted by Crippen LogP contribution is -2.43. The van der Waals surface area contributed by atoms with E-state index in [1.54, 1.807) is 0 Å². The van der Waals surface area contributed by atoms with Crippen molar-refractivity contribution < 1.29 is 24.4 Å². The molecule has 1 rings (SSSR count). The molecule has 0 unspecified atom stereocenters. The van der Waals surface area contributed by atoms with Crippen LogP contribution >= 0.6 is 0 Å². The van der Waals surface area contributed by atoms with Crippen molar-refractivity contribution in [2.24, 2.45) is 0 Å². The van der Waals surface area contributed by atoms with Gasteiger partial charge >= 0.3 is 5.97 Å². The smallest absolute Gasteiger partial charge is 0.321 e. The first kappa shape index (κ1) is 22.3. The molecule has 1 atom stereocenters. The summed E-state index contributed by atoms with van der Waals surface area (Å²) in [6.07, 6.45) is -0.320. The van der Waals surface area contributed by atoms with Gasteiger partial charge in [0.15, 0.2) is 0 Å². The number of amides is 1. The van der Waals surface area contributed by atoms with Gasteiger partial charge in [0, 0.05) is 25.2 Å². The van der Waals surface area contributed by atoms with Gasteiger partial charge in [0.2, 0.25) is 5.91 Å². The Hall–Kier alpha value is -2.72. The van der Waals surface area contributed by atoms with Gasteiger partial charge in [-0.25, -0.2) is 0 Å². The predicted molar refractivity (Wildman–Crippen MR) is 100 cm³/mol. The number of methoxy groups -OCH3 is 1. The minimum Gasteiger partial charge on any atom is -0.495 e. The molecule has 0 heterocycles. The Morgan fingerprint density at radius 3 is 2.52 bits per heavy atom. The summed E-state index contributed by atoms with van der Waals surface area (Å²) >= 11 is 0. The standard InChI is InChI=1S/C17H26N4O6/c1-4-20(5-2)9-8-18-14(17(23)24)11-16(22)19-13-10-12(21(25)26)6-7-15(13)27-3/h6-7,10,14,18H,4-5,8-9,11H2,1-3H3,(H,19,22)(H,23,24)/t14-/m1/s1. The molecule has 3 N–H and O–H groups in total. The lowest BCUT2D eigenvalue weighted by Gasteiger charge is -2.20. The molecule has 0 aromatic heterocycles. The number of aliphatic carboxylic acids is 1. The van der Waals surface area contributed by atoms with Crippen LogP contribution in [-0.4, -0.2) is 66.1 Å². The molecule has 0 saturated heterocycles. The van der Waals surface area contributed by atoms with Crippen LogP contribution in [0.2, 0.25) is 0 Å². The number of ether oxygens (including phenoxy) is 1. The Labute approximate surface area is 157 Å². The van der Waals surface area contributed by atoms with E-state index in [2.05, 4.69) is 15.5 Å². The lowest BCUT2D eigenvalue weighted by atomic mass is 10.2. The zero-order valence-corrected chi connectivity index (χ0v) is 15.7. The first-order valence-electron chi connectivity index (χ1n) is 8.63. The van der Waals surface area contributed by atoms with Crippen LogP contribution < -0.4 is 15.4 Å². The topological polar surface area (TPSA) is 134 Å². The van der Waals surface area contributed by atoms with E-state index < -0.39 is 22.8 Å². The highest BCUT2D eigenvalue weighted by atomic mass is 16.6. The van der Waals surface area contributed by atoms with Crippen molar-refractivity contribution in [1.29, 1.82) is 0 Å². The van der Waals surface area contributed by atoms with Gasteiger partial charge in [0.05, 0.1) is 24.1 Å². The summed E-state index contributed by atoms with van der Waals surface area (Å²) in [7, 11) is 1.37. The highest BCUT2D eigenvalue weighted by molar-refractivity contribution is 5.95. The zero-order chi connectivity index (χ0) is 20.4. The van der Waals surface area contributed by atoms with Gasteiger partial charge < -0.3 is 25.4 Å². The number of nitrogens with zero attached hydrogens (tertiary/aromatic N) is 2. The number of carbonyl (C=O) groups excluding carboxylic acids is 1. The number of hydrogen-bond acceptors (Lipinski definition) is 7. The molecule has 1 aromatic carbocycles. The zero-order valence-electron chi connectivity index (χ0n) is 15.7. The number of anilines is 1. The molecule has 10 nitrogen and oxygen atoms in total. The molecule has 0 spiro atoms. The van der Waals surface area contributed by atoms with Crippen LogP contribution in [0.15, 0.2) is 18.2 Å². The number of rotatable bonds is 12. The fraction of sp³-hybridized carbons (Fsp3) is 0.529. The molecular weight excluding hydrogens is 356 g/mol. The molecule has 0 fully saturated rings. The van der Waals surface area contributed by atoms with Gasteiger partial charge in [-0.1, -0.05) is 13.8 Å². The van der Waals surface area contributed by atoms with Crippen LogP contribution in [0.25, 0.3) is 0 Å². The Kier molecular flexibility index (Phi) is 9.17. The van der Waals surface area contributed by atoms with E-state index in [0.717, 1.165) is 13.1 Å². The van der Waals surface area contributed by atoms with Crippen LogP contribution in [0.5, 0.6) is 5.75 Å². The number of hydrogen-bond donors (Lipinski definition) is 3. The summed E-state index contributed by atoms with van der Waals surface area (Å²) in [5.74, 6) is -1.48. The van der Waals surface area contributed by atoms with Crippen molar-refractivity contribution in [3.05, 3.63) is 28.3 Å². The number of carbonyl (C=O) groups is 2. The lowest BCUT2D eigenvalue weighted by molar-refractivity contribution is -0.384. The van der Waals surface area contributed by atoms with E-state index >= 15 is 0 Å². The van der Waals surface area contributed by atoms with E-state index in [9.17, 15) is 24.8 Å². The number of non-ortho nitro benzene ring substituents is 1. The van der Waals surface area contributed by atoms with Gasteiger partial charge in [0.25, 0.3) is 5.69 Å². The molecule has 0 radical (unpaired) electrons. The number of nitro benzene ring substituents is 1. The second-order valence-electron chi connectivity index (χ2n) is 5.77. The normalized spacial score (nSPS) is 11.9. The summed E-state index contributed by atoms with van der Waals surface area (Å²) in [6.45, 7) is 6.81. The first-order chi connectivity index (χ1) is 12.8. The van der Waals surface area contributed by atoms with Gasteiger partial charge in [-0.15, -0.1) is 0 Å². The van der Waals surface area contributed by atoms with Crippen molar-refractivity contribution in [2.75, 3.05) is 38.6 Å². The number of nitro groups is 1. The highest BCUT2D eigenvalue weighted by Crippen LogP contribution is 2.28. The number of carboxylic acid groups (broad SMARTS) is 1. The minimum absolute atomic E-state index is 0.115. The molecule has 27 heavy (non-hydrogen) atoms.